The third-order valence-electron chi connectivity index (χ3n) is 4.13. The monoisotopic (exact) mass is 383 g/mol. The minimum atomic E-state index is -0.452. The van der Waals surface area contributed by atoms with Crippen LogP contribution in [0.15, 0.2) is 52.5 Å². The van der Waals surface area contributed by atoms with Gasteiger partial charge < -0.3 is 9.32 Å². The van der Waals surface area contributed by atoms with E-state index in [1.165, 1.54) is 15.9 Å². The normalized spacial score (nSPS) is 16.4. The molecule has 0 bridgehead atoms. The van der Waals surface area contributed by atoms with Crippen molar-refractivity contribution in [3.05, 3.63) is 53.8 Å². The molecule has 1 fully saturated rings. The van der Waals surface area contributed by atoms with Gasteiger partial charge in [-0.3, -0.25) is 19.4 Å². The summed E-state index contributed by atoms with van der Waals surface area (Å²) in [6, 6.07) is 12.6. The van der Waals surface area contributed by atoms with Crippen LogP contribution in [0.3, 0.4) is 0 Å². The topological polar surface area (TPSA) is 57.0 Å². The molecule has 1 saturated heterocycles. The zero-order valence-corrected chi connectivity index (χ0v) is 16.3. The zero-order valence-electron chi connectivity index (χ0n) is 15.5. The highest BCUT2D eigenvalue weighted by Crippen LogP contribution is 2.27. The highest BCUT2D eigenvalue weighted by molar-refractivity contribution is 7.80. The molecule has 2 heterocycles. The van der Waals surface area contributed by atoms with Crippen LogP contribution in [0.5, 0.6) is 0 Å². The van der Waals surface area contributed by atoms with Crippen molar-refractivity contribution < 1.29 is 14.0 Å². The fraction of sp³-hybridized carbons (Fsp3) is 0.250. The first-order valence-corrected chi connectivity index (χ1v) is 9.09. The van der Waals surface area contributed by atoms with E-state index in [4.69, 9.17) is 16.6 Å². The zero-order chi connectivity index (χ0) is 19.6. The van der Waals surface area contributed by atoms with Gasteiger partial charge in [-0.25, -0.2) is 0 Å². The maximum Gasteiger partial charge on any atom is 0.270 e. The third kappa shape index (κ3) is 3.64. The molecule has 0 atom stereocenters. The van der Waals surface area contributed by atoms with Crippen molar-refractivity contribution in [3.8, 4) is 0 Å². The molecular formula is C20H21N3O3S. The van der Waals surface area contributed by atoms with E-state index in [1.807, 2.05) is 39.2 Å². The smallest absolute Gasteiger partial charge is 0.270 e. The van der Waals surface area contributed by atoms with Crippen LogP contribution in [0.2, 0.25) is 0 Å². The van der Waals surface area contributed by atoms with Gasteiger partial charge in [-0.15, -0.1) is 0 Å². The Labute approximate surface area is 163 Å². The molecule has 1 aromatic carbocycles. The van der Waals surface area contributed by atoms with Gasteiger partial charge >= 0.3 is 0 Å². The lowest BCUT2D eigenvalue weighted by Crippen LogP contribution is -2.56. The van der Waals surface area contributed by atoms with Gasteiger partial charge in [0, 0.05) is 26.7 Å². The summed E-state index contributed by atoms with van der Waals surface area (Å²) in [6.45, 7) is 2.39. The molecule has 0 N–H and O–H groups in total. The summed E-state index contributed by atoms with van der Waals surface area (Å²) in [5.74, 6) is 0.222. The first-order chi connectivity index (χ1) is 12.9. The van der Waals surface area contributed by atoms with E-state index < -0.39 is 11.8 Å². The molecule has 0 unspecified atom stereocenters. The molecule has 1 aromatic heterocycles. The third-order valence-corrected chi connectivity index (χ3v) is 4.54. The van der Waals surface area contributed by atoms with Crippen molar-refractivity contribution in [1.29, 1.82) is 0 Å². The summed E-state index contributed by atoms with van der Waals surface area (Å²) in [4.78, 5) is 30.7. The fourth-order valence-electron chi connectivity index (χ4n) is 2.80. The molecule has 7 heteroatoms. The molecule has 0 spiro atoms. The van der Waals surface area contributed by atoms with Crippen LogP contribution in [-0.2, 0) is 9.59 Å². The van der Waals surface area contributed by atoms with Crippen LogP contribution in [0, 0.1) is 0 Å². The van der Waals surface area contributed by atoms with E-state index >= 15 is 0 Å². The predicted molar refractivity (Wildman–Crippen MR) is 110 cm³/mol. The Kier molecular flexibility index (Phi) is 5.41. The fourth-order valence-corrected chi connectivity index (χ4v) is 3.17. The molecular weight excluding hydrogens is 362 g/mol. The maximum absolute atomic E-state index is 13.1. The number of carbonyl (C=O) groups excluding carboxylic acids is 2. The van der Waals surface area contributed by atoms with Gasteiger partial charge in [-0.2, -0.15) is 0 Å². The predicted octanol–water partition coefficient (Wildman–Crippen LogP) is 3.30. The van der Waals surface area contributed by atoms with Gasteiger partial charge in [0.15, 0.2) is 11.0 Å². The SMILES string of the molecule is CCCN1C(=O)/C(=C\c2ccc(N(C)C)o2)C(=O)N(c2ccccc2)C1=S. The second-order valence-electron chi connectivity index (χ2n) is 6.34. The number of amides is 2. The standard InChI is InChI=1S/C20H21N3O3S/c1-4-12-22-18(24)16(13-15-10-11-17(26-15)21(2)3)19(25)23(20(22)27)14-8-6-5-7-9-14/h5-11,13H,4,12H2,1-3H3/b16-13+. The summed E-state index contributed by atoms with van der Waals surface area (Å²) in [7, 11) is 3.70. The van der Waals surface area contributed by atoms with Gasteiger partial charge in [0.2, 0.25) is 0 Å². The average molecular weight is 383 g/mol. The summed E-state index contributed by atoms with van der Waals surface area (Å²) >= 11 is 5.46. The van der Waals surface area contributed by atoms with Crippen molar-refractivity contribution in [3.63, 3.8) is 0 Å². The molecule has 3 rings (SSSR count). The Morgan fingerprint density at radius 3 is 2.37 bits per heavy atom. The highest BCUT2D eigenvalue weighted by Gasteiger charge is 2.40. The minimum absolute atomic E-state index is 0.0283. The highest BCUT2D eigenvalue weighted by atomic mass is 32.1. The van der Waals surface area contributed by atoms with Crippen LogP contribution < -0.4 is 9.80 Å². The molecule has 0 radical (unpaired) electrons. The Balaban J connectivity index is 2.05. The first-order valence-electron chi connectivity index (χ1n) is 8.68. The van der Waals surface area contributed by atoms with Crippen molar-refractivity contribution in [2.75, 3.05) is 30.4 Å². The second kappa shape index (κ2) is 7.75. The van der Waals surface area contributed by atoms with Crippen molar-refractivity contribution >= 4 is 46.8 Å². The van der Waals surface area contributed by atoms with Gasteiger partial charge in [0.05, 0.1) is 5.69 Å². The van der Waals surface area contributed by atoms with E-state index in [-0.39, 0.29) is 10.7 Å². The average Bonchev–Trinajstić information content (AvgIpc) is 3.12. The minimum Gasteiger partial charge on any atom is -0.441 e. The van der Waals surface area contributed by atoms with E-state index in [0.717, 1.165) is 6.42 Å². The van der Waals surface area contributed by atoms with E-state index in [0.29, 0.717) is 23.9 Å². The molecule has 1 aliphatic rings. The number of para-hydroxylation sites is 1. The quantitative estimate of drug-likeness (QED) is 0.450. The number of thiocarbonyl (C=S) groups is 1. The molecule has 6 nitrogen and oxygen atoms in total. The molecule has 1 aliphatic heterocycles. The Hall–Kier alpha value is -2.93. The van der Waals surface area contributed by atoms with Crippen molar-refractivity contribution in [2.24, 2.45) is 0 Å². The number of furan rings is 1. The summed E-state index contributed by atoms with van der Waals surface area (Å²) in [5.41, 5.74) is 0.654. The van der Waals surface area contributed by atoms with E-state index in [2.05, 4.69) is 0 Å². The molecule has 0 aliphatic carbocycles. The second-order valence-corrected chi connectivity index (χ2v) is 6.71. The molecule has 27 heavy (non-hydrogen) atoms. The van der Waals surface area contributed by atoms with E-state index in [9.17, 15) is 9.59 Å². The van der Waals surface area contributed by atoms with Crippen molar-refractivity contribution in [1.82, 2.24) is 4.90 Å². The van der Waals surface area contributed by atoms with Gasteiger partial charge in [0.1, 0.15) is 11.3 Å². The Morgan fingerprint density at radius 1 is 1.07 bits per heavy atom. The van der Waals surface area contributed by atoms with Crippen LogP contribution in [0.4, 0.5) is 11.6 Å². The lowest BCUT2D eigenvalue weighted by molar-refractivity contribution is -0.127. The lowest BCUT2D eigenvalue weighted by atomic mass is 10.1. The number of hydrogen-bond acceptors (Lipinski definition) is 5. The number of rotatable bonds is 5. The molecule has 2 aromatic rings. The molecule has 2 amide bonds. The first kappa shape index (κ1) is 18.8. The Morgan fingerprint density at radius 2 is 1.78 bits per heavy atom. The number of benzene rings is 1. The van der Waals surface area contributed by atoms with Crippen LogP contribution in [0.25, 0.3) is 6.08 Å². The number of hydrogen-bond donors (Lipinski definition) is 0. The number of anilines is 2. The lowest BCUT2D eigenvalue weighted by Gasteiger charge is -2.36. The summed E-state index contributed by atoms with van der Waals surface area (Å²) < 4.78 is 5.68. The van der Waals surface area contributed by atoms with Gasteiger partial charge in [0.25, 0.3) is 11.8 Å². The number of carbonyl (C=O) groups is 2. The van der Waals surface area contributed by atoms with Crippen LogP contribution >= 0.6 is 12.2 Å². The van der Waals surface area contributed by atoms with Crippen LogP contribution in [-0.4, -0.2) is 42.5 Å². The van der Waals surface area contributed by atoms with Crippen molar-refractivity contribution in [2.45, 2.75) is 13.3 Å². The van der Waals surface area contributed by atoms with E-state index in [1.54, 1.807) is 29.2 Å². The Bertz CT molecular complexity index is 902. The van der Waals surface area contributed by atoms with Crippen LogP contribution in [0.1, 0.15) is 19.1 Å². The number of nitrogens with zero attached hydrogens (tertiary/aromatic N) is 3. The summed E-state index contributed by atoms with van der Waals surface area (Å²) in [5, 5.41) is 0.198. The van der Waals surface area contributed by atoms with Gasteiger partial charge in [-0.05, 0) is 42.9 Å². The maximum atomic E-state index is 13.1. The molecule has 140 valence electrons. The van der Waals surface area contributed by atoms with Gasteiger partial charge in [-0.1, -0.05) is 25.1 Å². The summed E-state index contributed by atoms with van der Waals surface area (Å²) in [6.07, 6.45) is 2.21. The largest absolute Gasteiger partial charge is 0.441 e. The molecule has 0 saturated carbocycles.